The Kier molecular flexibility index (Phi) is 40.5. The van der Waals surface area contributed by atoms with Crippen molar-refractivity contribution in [3.63, 3.8) is 0 Å². The third-order valence-corrected chi connectivity index (χ3v) is 21.1. The van der Waals surface area contributed by atoms with Gasteiger partial charge in [0.25, 0.3) is 0 Å². The van der Waals surface area contributed by atoms with Crippen LogP contribution in [0, 0.1) is 134 Å². The molecule has 1 fully saturated rings. The van der Waals surface area contributed by atoms with E-state index in [2.05, 4.69) is 337 Å². The van der Waals surface area contributed by atoms with Gasteiger partial charge in [-0.2, -0.15) is 28.3 Å². The Balaban J connectivity index is 0.00000111. The van der Waals surface area contributed by atoms with Crippen molar-refractivity contribution in [2.75, 3.05) is 13.1 Å². The Morgan fingerprint density at radius 1 is 0.450 bits per heavy atom. The van der Waals surface area contributed by atoms with Gasteiger partial charge in [-0.05, 0) is 251 Å². The molecule has 3 atom stereocenters. The summed E-state index contributed by atoms with van der Waals surface area (Å²) in [6, 6.07) is 3.42. The monoisotopic (exact) mass is 1460 g/mol. The zero-order valence-corrected chi connectivity index (χ0v) is 75.8. The zero-order valence-electron chi connectivity index (χ0n) is 72.2. The first-order valence-electron chi connectivity index (χ1n) is 37.5. The second-order valence-electron chi connectivity index (χ2n) is 36.1. The molecule has 0 bridgehead atoms. The van der Waals surface area contributed by atoms with Crippen LogP contribution in [-0.2, 0) is 59.1 Å². The number of aliphatic imine (C=N–C) groups is 1. The Bertz CT molecular complexity index is 3230. The van der Waals surface area contributed by atoms with Crippen LogP contribution in [0.25, 0.3) is 0 Å². The first-order valence-corrected chi connectivity index (χ1v) is 38.4. The second kappa shape index (κ2) is 42.2. The van der Waals surface area contributed by atoms with E-state index in [1.165, 1.54) is 147 Å². The van der Waals surface area contributed by atoms with Gasteiger partial charge < -0.3 is 4.74 Å². The second-order valence-corrected chi connectivity index (χ2v) is 37.1. The molecule has 5 aliphatic rings. The van der Waals surface area contributed by atoms with Crippen LogP contribution in [0.1, 0.15) is 316 Å². The maximum Gasteiger partial charge on any atom is 0.121 e. The van der Waals surface area contributed by atoms with Crippen molar-refractivity contribution < 1.29 is 37.4 Å². The number of hydrogen-bond acceptors (Lipinski definition) is 7. The summed E-state index contributed by atoms with van der Waals surface area (Å²) in [7, 11) is 0. The summed E-state index contributed by atoms with van der Waals surface area (Å²) < 4.78 is 5.38. The summed E-state index contributed by atoms with van der Waals surface area (Å²) in [4.78, 5) is 20.4. The molecule has 0 saturated carbocycles. The van der Waals surface area contributed by atoms with E-state index in [-0.39, 0.29) is 65.9 Å². The van der Waals surface area contributed by atoms with Crippen molar-refractivity contribution in [3.05, 3.63) is 191 Å². The number of thioether (sulfide) groups is 1. The van der Waals surface area contributed by atoms with Gasteiger partial charge in [-0.1, -0.05) is 208 Å². The van der Waals surface area contributed by atoms with Crippen LogP contribution >= 0.6 is 11.8 Å². The summed E-state index contributed by atoms with van der Waals surface area (Å²) in [5, 5.41) is 2.81. The van der Waals surface area contributed by atoms with E-state index in [0.717, 1.165) is 35.1 Å². The molecule has 1 saturated heterocycles. The fourth-order valence-corrected chi connectivity index (χ4v) is 14.1. The minimum atomic E-state index is 0. The minimum Gasteiger partial charge on any atom is -0.493 e. The van der Waals surface area contributed by atoms with Crippen LogP contribution in [0.3, 0.4) is 0 Å². The summed E-state index contributed by atoms with van der Waals surface area (Å²) >= 11 is 1.90. The number of allylic oxidation sites excluding steroid dienone is 7. The molecule has 1 aliphatic carbocycles. The molecule has 0 spiro atoms. The number of aryl methyl sites for hydroxylation is 7. The van der Waals surface area contributed by atoms with Gasteiger partial charge in [0, 0.05) is 107 Å². The number of piperidine rings is 1. The number of rotatable bonds is 0. The van der Waals surface area contributed by atoms with Gasteiger partial charge in [-0.15, -0.1) is 17.3 Å². The molecule has 3 unspecified atom stereocenters. The molecule has 1 radical (unpaired) electrons. The maximum absolute atomic E-state index is 5.38. The molecule has 0 N–H and O–H groups in total. The predicted octanol–water partition coefficient (Wildman–Crippen LogP) is 26.6. The van der Waals surface area contributed by atoms with Crippen LogP contribution in [0.15, 0.2) is 77.5 Å². The van der Waals surface area contributed by atoms with E-state index in [1.54, 1.807) is 6.26 Å². The number of pyridine rings is 3. The molecule has 3 aromatic heterocycles. The average molecular weight is 1460 g/mol. The van der Waals surface area contributed by atoms with Crippen LogP contribution < -0.4 is 0 Å². The van der Waals surface area contributed by atoms with Gasteiger partial charge in [-0.3, -0.25) is 24.8 Å². The molecule has 8 heteroatoms. The Labute approximate surface area is 648 Å². The van der Waals surface area contributed by atoms with Crippen LogP contribution in [0.5, 0.6) is 0 Å². The van der Waals surface area contributed by atoms with Gasteiger partial charge in [0.05, 0.1) is 6.26 Å². The van der Waals surface area contributed by atoms with Crippen LogP contribution in [0.2, 0.25) is 0 Å². The molecule has 1 aromatic carbocycles. The SMILES string of the molecule is CC(C)(C)C1C=CC=CO1.CC(C)(C)C1C=CC=CS1.CC(C)(C)N1CCCCC1.CC1=NC=CC1.CC1CC=CCC1.Cc1[c-]c(C)c(C)c(C(C)(C)C)c1C.Cc1nc(C(C)(C)C)c(C)c(C)c1C.Cc1nc(C)c(C(C)(C)C)c(C)c1C.Cc1nc(C)c(C)c(C(C)(C)C)c1C.[Y]. The Morgan fingerprint density at radius 2 is 0.910 bits per heavy atom. The number of aromatic nitrogens is 3. The molecule has 7 heterocycles. The maximum atomic E-state index is 5.38. The molecule has 6 nitrogen and oxygen atoms in total. The number of hydrogen-bond donors (Lipinski definition) is 0. The quantitative estimate of drug-likeness (QED) is 0.129. The number of ether oxygens (including phenoxy) is 1. The Hall–Kier alpha value is -4.01. The summed E-state index contributed by atoms with van der Waals surface area (Å²) in [5.74, 6) is 0.949. The first kappa shape index (κ1) is 96.0. The van der Waals surface area contributed by atoms with Crippen LogP contribution in [0.4, 0.5) is 0 Å². The predicted molar refractivity (Wildman–Crippen MR) is 445 cm³/mol. The third-order valence-electron chi connectivity index (χ3n) is 19.6. The van der Waals surface area contributed by atoms with E-state index >= 15 is 0 Å². The van der Waals surface area contributed by atoms with Crippen LogP contribution in [-0.4, -0.2) is 55.5 Å². The van der Waals surface area contributed by atoms with E-state index in [0.29, 0.717) is 16.2 Å². The molecular formula is C92H150N5OSY-. The summed E-state index contributed by atoms with van der Waals surface area (Å²) in [5.41, 5.74) is 29.3. The van der Waals surface area contributed by atoms with Crippen molar-refractivity contribution in [2.45, 2.75) is 354 Å². The molecule has 4 aromatic rings. The summed E-state index contributed by atoms with van der Waals surface area (Å²) in [6.07, 6.45) is 32.2. The Morgan fingerprint density at radius 3 is 1.23 bits per heavy atom. The number of nitrogens with zero attached hydrogens (tertiary/aromatic N) is 5. The number of likely N-dealkylation sites (tertiary alicyclic amines) is 1. The normalized spacial score (nSPS) is 17.2. The first-order chi connectivity index (χ1) is 45.1. The van der Waals surface area contributed by atoms with Gasteiger partial charge in [-0.25, -0.2) is 0 Å². The molecular weight excluding hydrogens is 1310 g/mol. The molecule has 4 aliphatic heterocycles. The largest absolute Gasteiger partial charge is 0.493 e. The van der Waals surface area contributed by atoms with E-state index in [4.69, 9.17) is 9.72 Å². The molecule has 559 valence electrons. The van der Waals surface area contributed by atoms with Gasteiger partial charge >= 0.3 is 0 Å². The van der Waals surface area contributed by atoms with Crippen molar-refractivity contribution in [1.29, 1.82) is 0 Å². The van der Waals surface area contributed by atoms with E-state index in [1.807, 2.05) is 37.0 Å². The standard InChI is InChI=1S/C14H21.3C13H21N.C9H19N.C9H14O.C9H14S.C7H12.C5H7N.Y/c1-9-8-10(2)12(4)13(11(9)3)14(5,6)7;1-8-10(3)14-11(4)9(2)12(8)13(5,6)7;1-8-9(2)12(13(5,6)7)11(4)14-10(8)3;1-8-9(2)11(4)14-12(10(8)3)13(5,6)7;1-9(2,3)10-7-5-4-6-8-10;2*1-9(2,3)8-6-4-5-7-10-8;1-7-5-3-2-4-6-7;1-5-3-2-4-6-5;/h4*1-7H3;4-8H2,1-3H3;2*4-8H,1-3H3;2-3,7H,4-6H2,1H3;2,4H,3H2,1H3;/q-1;;;;;;;;;. The van der Waals surface area contributed by atoms with Gasteiger partial charge in [0.1, 0.15) is 6.10 Å². The summed E-state index contributed by atoms with van der Waals surface area (Å²) in [6.45, 7) is 88.6. The van der Waals surface area contributed by atoms with Crippen molar-refractivity contribution in [1.82, 2.24) is 19.9 Å². The zero-order chi connectivity index (χ0) is 76.7. The molecule has 100 heavy (non-hydrogen) atoms. The van der Waals surface area contributed by atoms with Crippen molar-refractivity contribution >= 4 is 17.5 Å². The fraction of sp³-hybridized carbons (Fsp3) is 0.630. The van der Waals surface area contributed by atoms with Gasteiger partial charge in [0.15, 0.2) is 0 Å². The van der Waals surface area contributed by atoms with Crippen molar-refractivity contribution in [3.8, 4) is 0 Å². The minimum absolute atomic E-state index is 0. The topological polar surface area (TPSA) is 63.5 Å². The fourth-order valence-electron chi connectivity index (χ4n) is 13.2. The molecule has 0 amide bonds. The van der Waals surface area contributed by atoms with E-state index in [9.17, 15) is 0 Å². The third kappa shape index (κ3) is 33.0. The van der Waals surface area contributed by atoms with Gasteiger partial charge in [0.2, 0.25) is 0 Å². The van der Waals surface area contributed by atoms with Crippen molar-refractivity contribution in [2.24, 2.45) is 21.7 Å². The smallest absolute Gasteiger partial charge is 0.121 e. The van der Waals surface area contributed by atoms with E-state index < -0.39 is 0 Å². The number of benzene rings is 1. The molecule has 9 rings (SSSR count). The average Bonchev–Trinajstić information content (AvgIpc) is 0.927.